The van der Waals surface area contributed by atoms with Crippen molar-refractivity contribution >= 4 is 40.9 Å². The molecule has 0 aliphatic carbocycles. The Hall–Kier alpha value is -1.64. The second-order valence-corrected chi connectivity index (χ2v) is 6.46. The van der Waals surface area contributed by atoms with Crippen LogP contribution in [0.25, 0.3) is 0 Å². The van der Waals surface area contributed by atoms with Gasteiger partial charge < -0.3 is 10.1 Å². The van der Waals surface area contributed by atoms with Crippen LogP contribution in [0.1, 0.15) is 23.0 Å². The molecule has 0 radical (unpaired) electrons. The van der Waals surface area contributed by atoms with E-state index >= 15 is 0 Å². The first-order valence-electron chi connectivity index (χ1n) is 6.12. The van der Waals surface area contributed by atoms with Gasteiger partial charge in [0.2, 0.25) is 0 Å². The molecule has 24 heavy (non-hydrogen) atoms. The highest BCUT2D eigenvalue weighted by Gasteiger charge is 2.29. The van der Waals surface area contributed by atoms with Gasteiger partial charge in [0.1, 0.15) is 5.56 Å². The number of H-pyrrole nitrogens is 1. The van der Waals surface area contributed by atoms with Crippen LogP contribution < -0.4 is 5.56 Å². The molecule has 2 aromatic rings. The van der Waals surface area contributed by atoms with Gasteiger partial charge in [-0.1, -0.05) is 41.0 Å². The van der Waals surface area contributed by atoms with Gasteiger partial charge in [-0.3, -0.25) is 9.50 Å². The Kier molecular flexibility index (Phi) is 6.38. The fourth-order valence-electron chi connectivity index (χ4n) is 1.75. The number of aromatic nitrogens is 1. The number of aromatic amines is 1. The van der Waals surface area contributed by atoms with Gasteiger partial charge in [-0.15, -0.1) is 0 Å². The molecule has 1 heterocycles. The van der Waals surface area contributed by atoms with E-state index in [0.717, 1.165) is 17.8 Å². The second-order valence-electron chi connectivity index (χ2n) is 4.60. The molecule has 1 aromatic carbocycles. The van der Waals surface area contributed by atoms with E-state index in [-0.39, 0.29) is 24.5 Å². The molecule has 0 saturated heterocycles. The van der Waals surface area contributed by atoms with Crippen LogP contribution in [0, 0.1) is 0 Å². The minimum atomic E-state index is -3.34. The number of halogens is 5. The molecule has 0 aliphatic rings. The number of carboxylic acids is 1. The Morgan fingerprint density at radius 1 is 1.29 bits per heavy atom. The maximum absolute atomic E-state index is 13.5. The minimum Gasteiger partial charge on any atom is -0.477 e. The Morgan fingerprint density at radius 2 is 1.83 bits per heavy atom. The Bertz CT molecular complexity index is 817. The normalized spacial score (nSPS) is 11.0. The summed E-state index contributed by atoms with van der Waals surface area (Å²) in [4.78, 5) is 25.1. The van der Waals surface area contributed by atoms with Crippen LogP contribution in [0.15, 0.2) is 38.9 Å². The molecule has 0 saturated carbocycles. The van der Waals surface area contributed by atoms with E-state index in [4.69, 9.17) is 28.3 Å². The number of carboxylic acid groups (broad SMARTS) is 1. The lowest BCUT2D eigenvalue weighted by Crippen LogP contribution is -2.24. The van der Waals surface area contributed by atoms with Crippen molar-refractivity contribution in [1.82, 2.24) is 4.98 Å². The summed E-state index contributed by atoms with van der Waals surface area (Å²) < 4.78 is 26.9. The molecule has 2 N–H and O–H groups in total. The molecule has 2 rings (SSSR count). The second kappa shape index (κ2) is 7.50. The van der Waals surface area contributed by atoms with Gasteiger partial charge in [-0.05, 0) is 18.2 Å². The molecule has 10 heteroatoms. The van der Waals surface area contributed by atoms with Crippen LogP contribution in [0.5, 0.6) is 0 Å². The van der Waals surface area contributed by atoms with Crippen molar-refractivity contribution in [3.63, 3.8) is 0 Å². The summed E-state index contributed by atoms with van der Waals surface area (Å²) >= 11 is 12.7. The number of carbonyl (C=O) groups is 1. The van der Waals surface area contributed by atoms with E-state index < -0.39 is 28.7 Å². The molecule has 0 aliphatic heterocycles. The largest absolute Gasteiger partial charge is 0.477 e. The first kappa shape index (κ1) is 20.4. The number of alkyl halides is 2. The summed E-state index contributed by atoms with van der Waals surface area (Å²) in [5.41, 5.74) is -2.47. The molecular formula is C14H10Cl2F3NO3S. The maximum Gasteiger partial charge on any atom is 0.342 e. The average Bonchev–Trinajstić information content (AvgIpc) is 2.41. The predicted octanol–water partition coefficient (Wildman–Crippen LogP) is 4.80. The summed E-state index contributed by atoms with van der Waals surface area (Å²) in [6.45, 7) is 0.593. The Morgan fingerprint density at radius 3 is 2.29 bits per heavy atom. The highest BCUT2D eigenvalue weighted by molar-refractivity contribution is 7.99. The highest BCUT2D eigenvalue weighted by Crippen LogP contribution is 2.40. The quantitative estimate of drug-likeness (QED) is 0.774. The molecule has 130 valence electrons. The number of rotatable bonds is 4. The van der Waals surface area contributed by atoms with Crippen molar-refractivity contribution in [2.45, 2.75) is 22.6 Å². The third-order valence-electron chi connectivity index (χ3n) is 2.81. The standard InChI is InChI=1S/C14H9Cl2F2NO3S.FH/c1-14(17,18)9-5-8(10(13(21)22)12(20)19-9)23-11-6(15)3-2-4-7(11)16;/h2-5H,1H3,(H,19,20)(H,21,22);1H. The molecule has 1 aromatic heterocycles. The number of benzene rings is 1. The maximum atomic E-state index is 13.5. The van der Waals surface area contributed by atoms with E-state index in [1.165, 1.54) is 12.1 Å². The number of hydrogen-bond donors (Lipinski definition) is 2. The van der Waals surface area contributed by atoms with Crippen LogP contribution in [-0.2, 0) is 5.92 Å². The zero-order valence-electron chi connectivity index (χ0n) is 11.9. The zero-order chi connectivity index (χ0) is 17.4. The molecule has 4 nitrogen and oxygen atoms in total. The predicted molar refractivity (Wildman–Crippen MR) is 86.7 cm³/mol. The summed E-state index contributed by atoms with van der Waals surface area (Å²) in [6, 6.07) is 5.52. The van der Waals surface area contributed by atoms with Crippen molar-refractivity contribution in [2.75, 3.05) is 0 Å². The average molecular weight is 400 g/mol. The van der Waals surface area contributed by atoms with E-state index in [0.29, 0.717) is 6.92 Å². The van der Waals surface area contributed by atoms with Gasteiger partial charge in [0.25, 0.3) is 11.5 Å². The Labute approximate surface area is 148 Å². The molecule has 0 amide bonds. The van der Waals surface area contributed by atoms with E-state index in [1.807, 2.05) is 4.98 Å². The third-order valence-corrected chi connectivity index (χ3v) is 4.85. The van der Waals surface area contributed by atoms with Gasteiger partial charge >= 0.3 is 5.97 Å². The smallest absolute Gasteiger partial charge is 0.342 e. The van der Waals surface area contributed by atoms with Crippen molar-refractivity contribution in [3.8, 4) is 0 Å². The SMILES string of the molecule is CC(F)(F)c1cc(Sc2c(Cl)cccc2Cl)c(C(=O)O)c(=O)[nH]1.F. The monoisotopic (exact) mass is 399 g/mol. The van der Waals surface area contributed by atoms with Gasteiger partial charge in [0, 0.05) is 16.7 Å². The summed E-state index contributed by atoms with van der Waals surface area (Å²) in [5, 5.41) is 9.59. The zero-order valence-corrected chi connectivity index (χ0v) is 14.2. The lowest BCUT2D eigenvalue weighted by Gasteiger charge is -2.14. The van der Waals surface area contributed by atoms with Crippen LogP contribution in [-0.4, -0.2) is 16.1 Å². The van der Waals surface area contributed by atoms with Crippen molar-refractivity contribution in [2.24, 2.45) is 0 Å². The van der Waals surface area contributed by atoms with Crippen LogP contribution in [0.3, 0.4) is 0 Å². The van der Waals surface area contributed by atoms with Gasteiger partial charge in [-0.25, -0.2) is 13.6 Å². The summed E-state index contributed by atoms with van der Waals surface area (Å²) in [7, 11) is 0. The molecule has 0 bridgehead atoms. The first-order chi connectivity index (χ1) is 10.6. The number of hydrogen-bond acceptors (Lipinski definition) is 3. The van der Waals surface area contributed by atoms with Gasteiger partial charge in [-0.2, -0.15) is 0 Å². The molecule has 0 fully saturated rings. The summed E-state index contributed by atoms with van der Waals surface area (Å²) in [6.07, 6.45) is 0. The molecule has 0 spiro atoms. The lowest BCUT2D eigenvalue weighted by atomic mass is 10.2. The topological polar surface area (TPSA) is 70.2 Å². The fourth-order valence-corrected chi connectivity index (χ4v) is 3.38. The Balaban J connectivity index is 0.00000288. The van der Waals surface area contributed by atoms with E-state index in [1.54, 1.807) is 6.07 Å². The van der Waals surface area contributed by atoms with E-state index in [2.05, 4.69) is 0 Å². The van der Waals surface area contributed by atoms with Crippen molar-refractivity contribution in [3.05, 3.63) is 55.9 Å². The van der Waals surface area contributed by atoms with Crippen LogP contribution >= 0.6 is 35.0 Å². The number of pyridine rings is 1. The van der Waals surface area contributed by atoms with Gasteiger partial charge in [0.05, 0.1) is 15.7 Å². The summed E-state index contributed by atoms with van der Waals surface area (Å²) in [5.74, 6) is -4.88. The van der Waals surface area contributed by atoms with Gasteiger partial charge in [0.15, 0.2) is 0 Å². The molecule has 0 atom stereocenters. The number of aromatic carboxylic acids is 1. The highest BCUT2D eigenvalue weighted by atomic mass is 35.5. The third kappa shape index (κ3) is 4.25. The minimum absolute atomic E-state index is 0. The van der Waals surface area contributed by atoms with Crippen LogP contribution in [0.2, 0.25) is 10.0 Å². The number of nitrogens with one attached hydrogen (secondary N) is 1. The molecular weight excluding hydrogens is 390 g/mol. The lowest BCUT2D eigenvalue weighted by molar-refractivity contribution is 0.0121. The van der Waals surface area contributed by atoms with Crippen molar-refractivity contribution in [1.29, 1.82) is 0 Å². The molecule has 0 unspecified atom stereocenters. The van der Waals surface area contributed by atoms with Crippen LogP contribution in [0.4, 0.5) is 13.5 Å². The van der Waals surface area contributed by atoms with Crippen molar-refractivity contribution < 1.29 is 23.4 Å². The first-order valence-corrected chi connectivity index (χ1v) is 7.69. The van der Waals surface area contributed by atoms with E-state index in [9.17, 15) is 18.4 Å². The fraction of sp³-hybridized carbons (Fsp3) is 0.143.